The number of benzene rings is 3. The number of anilines is 2. The molecule has 5 N–H and O–H groups in total. The van der Waals surface area contributed by atoms with Crippen LogP contribution < -0.4 is 15.8 Å². The third-order valence-electron chi connectivity index (χ3n) is 5.22. The number of hydrogen-bond acceptors (Lipinski definition) is 6. The summed E-state index contributed by atoms with van der Waals surface area (Å²) in [7, 11) is 3.34. The van der Waals surface area contributed by atoms with E-state index in [-0.39, 0.29) is 11.3 Å². The number of hydrogen-bond donors (Lipinski definition) is 4. The SMILES string of the molecule is CNc1ccc(OC)cc1/C(C=O)=C\c1ccc(C(=N)/C=C/c2ccc(C(=O)O)cc2)c(N)c1. The Kier molecular flexibility index (Phi) is 7.61. The lowest BCUT2D eigenvalue weighted by Crippen LogP contribution is -2.01. The zero-order valence-electron chi connectivity index (χ0n) is 18.8. The van der Waals surface area contributed by atoms with Crippen molar-refractivity contribution in [3.63, 3.8) is 0 Å². The molecule has 3 aromatic rings. The molecule has 0 bridgehead atoms. The molecule has 0 aliphatic rings. The maximum atomic E-state index is 11.9. The molecule has 0 heterocycles. The van der Waals surface area contributed by atoms with E-state index < -0.39 is 5.97 Å². The lowest BCUT2D eigenvalue weighted by atomic mass is 9.99. The van der Waals surface area contributed by atoms with E-state index in [9.17, 15) is 9.59 Å². The highest BCUT2D eigenvalue weighted by atomic mass is 16.5. The highest BCUT2D eigenvalue weighted by molar-refractivity contribution is 6.16. The van der Waals surface area contributed by atoms with Gasteiger partial charge >= 0.3 is 5.97 Å². The largest absolute Gasteiger partial charge is 0.497 e. The van der Waals surface area contributed by atoms with Gasteiger partial charge in [0.25, 0.3) is 0 Å². The second-order valence-corrected chi connectivity index (χ2v) is 7.40. The molecule has 3 rings (SSSR count). The van der Waals surface area contributed by atoms with Gasteiger partial charge in [-0.3, -0.25) is 4.79 Å². The molecule has 0 aromatic heterocycles. The number of rotatable bonds is 9. The van der Waals surface area contributed by atoms with Crippen molar-refractivity contribution >= 4 is 47.1 Å². The maximum absolute atomic E-state index is 11.9. The van der Waals surface area contributed by atoms with Gasteiger partial charge in [0.05, 0.1) is 18.4 Å². The standard InChI is InChI=1S/C27H25N3O4/c1-30-26-12-9-21(34-2)15-23(26)20(16-31)13-18-5-10-22(25(29)14-18)24(28)11-6-17-3-7-19(8-4-17)27(32)33/h3-16,28,30H,29H2,1-2H3,(H,32,33)/b11-6+,20-13-,28-24?. The second-order valence-electron chi connectivity index (χ2n) is 7.40. The fourth-order valence-corrected chi connectivity index (χ4v) is 3.38. The van der Waals surface area contributed by atoms with Crippen LogP contribution in [0.25, 0.3) is 17.7 Å². The molecule has 34 heavy (non-hydrogen) atoms. The number of nitrogen functional groups attached to an aromatic ring is 1. The first-order valence-corrected chi connectivity index (χ1v) is 10.4. The Bertz CT molecular complexity index is 1290. The highest BCUT2D eigenvalue weighted by Gasteiger charge is 2.10. The third kappa shape index (κ3) is 5.58. The van der Waals surface area contributed by atoms with Crippen molar-refractivity contribution in [3.8, 4) is 5.75 Å². The van der Waals surface area contributed by atoms with E-state index in [0.29, 0.717) is 33.7 Å². The smallest absolute Gasteiger partial charge is 0.335 e. The van der Waals surface area contributed by atoms with Gasteiger partial charge in [-0.2, -0.15) is 0 Å². The number of nitrogens with two attached hydrogens (primary N) is 1. The van der Waals surface area contributed by atoms with Crippen molar-refractivity contribution in [2.45, 2.75) is 0 Å². The average molecular weight is 456 g/mol. The minimum absolute atomic E-state index is 0.200. The Labute approximate surface area is 197 Å². The van der Waals surface area contributed by atoms with Gasteiger partial charge in [-0.15, -0.1) is 0 Å². The Morgan fingerprint density at radius 3 is 2.32 bits per heavy atom. The van der Waals surface area contributed by atoms with Crippen LogP contribution in [-0.2, 0) is 4.79 Å². The molecule has 0 amide bonds. The molecule has 0 spiro atoms. The summed E-state index contributed by atoms with van der Waals surface area (Å²) in [5, 5.41) is 20.4. The van der Waals surface area contributed by atoms with Crippen LogP contribution in [0, 0.1) is 5.41 Å². The lowest BCUT2D eigenvalue weighted by Gasteiger charge is -2.11. The number of allylic oxidation sites excluding steroid dienone is 2. The first-order valence-electron chi connectivity index (χ1n) is 10.4. The quantitative estimate of drug-likeness (QED) is 0.120. The number of ether oxygens (including phenoxy) is 1. The van der Waals surface area contributed by atoms with Gasteiger partial charge in [-0.1, -0.05) is 30.3 Å². The molecule has 7 nitrogen and oxygen atoms in total. The second kappa shape index (κ2) is 10.8. The molecule has 0 atom stereocenters. The molecule has 0 saturated heterocycles. The van der Waals surface area contributed by atoms with Gasteiger partial charge in [-0.25, -0.2) is 4.79 Å². The van der Waals surface area contributed by atoms with E-state index in [1.165, 1.54) is 12.1 Å². The third-order valence-corrected chi connectivity index (χ3v) is 5.22. The molecule has 172 valence electrons. The normalized spacial score (nSPS) is 11.3. The van der Waals surface area contributed by atoms with Gasteiger partial charge < -0.3 is 26.3 Å². The number of aromatic carboxylic acids is 1. The van der Waals surface area contributed by atoms with Crippen LogP contribution in [0.3, 0.4) is 0 Å². The molecule has 0 radical (unpaired) electrons. The van der Waals surface area contributed by atoms with E-state index in [0.717, 1.165) is 17.5 Å². The zero-order chi connectivity index (χ0) is 24.7. The van der Waals surface area contributed by atoms with Crippen LogP contribution in [-0.4, -0.2) is 37.2 Å². The Balaban J connectivity index is 1.85. The van der Waals surface area contributed by atoms with Crippen molar-refractivity contribution in [2.24, 2.45) is 0 Å². The minimum Gasteiger partial charge on any atom is -0.497 e. The molecule has 0 aliphatic carbocycles. The summed E-state index contributed by atoms with van der Waals surface area (Å²) < 4.78 is 5.28. The number of carbonyl (C=O) groups is 2. The van der Waals surface area contributed by atoms with Crippen molar-refractivity contribution in [2.75, 3.05) is 25.2 Å². The molecular formula is C27H25N3O4. The highest BCUT2D eigenvalue weighted by Crippen LogP contribution is 2.29. The monoisotopic (exact) mass is 455 g/mol. The van der Waals surface area contributed by atoms with Crippen molar-refractivity contribution < 1.29 is 19.4 Å². The van der Waals surface area contributed by atoms with Gasteiger partial charge in [0.1, 0.15) is 5.75 Å². The Morgan fingerprint density at radius 2 is 1.74 bits per heavy atom. The Morgan fingerprint density at radius 1 is 1.03 bits per heavy atom. The number of methoxy groups -OCH3 is 1. The van der Waals surface area contributed by atoms with E-state index in [1.54, 1.807) is 68.8 Å². The first-order chi connectivity index (χ1) is 16.4. The van der Waals surface area contributed by atoms with E-state index in [1.807, 2.05) is 12.1 Å². The Hall–Kier alpha value is -4.65. The van der Waals surface area contributed by atoms with E-state index in [2.05, 4.69) is 5.32 Å². The number of carboxylic acids is 1. The van der Waals surface area contributed by atoms with Crippen molar-refractivity contribution in [1.29, 1.82) is 5.41 Å². The summed E-state index contributed by atoms with van der Waals surface area (Å²) in [4.78, 5) is 22.8. The fraction of sp³-hybridized carbons (Fsp3) is 0.0741. The van der Waals surface area contributed by atoms with Crippen molar-refractivity contribution in [3.05, 3.63) is 94.6 Å². The molecule has 0 unspecified atom stereocenters. The summed E-state index contributed by atoms with van der Waals surface area (Å²) >= 11 is 0. The van der Waals surface area contributed by atoms with Crippen LogP contribution >= 0.6 is 0 Å². The molecular weight excluding hydrogens is 430 g/mol. The number of carboxylic acid groups (broad SMARTS) is 1. The predicted molar refractivity (Wildman–Crippen MR) is 137 cm³/mol. The summed E-state index contributed by atoms with van der Waals surface area (Å²) in [5.41, 5.74) is 11.0. The molecule has 0 aliphatic heterocycles. The first kappa shape index (κ1) is 24.0. The minimum atomic E-state index is -0.989. The number of carbonyl (C=O) groups excluding carboxylic acids is 1. The van der Waals surface area contributed by atoms with Gasteiger partial charge in [-0.05, 0) is 59.7 Å². The summed E-state index contributed by atoms with van der Waals surface area (Å²) in [6.45, 7) is 0. The molecule has 7 heteroatoms. The maximum Gasteiger partial charge on any atom is 0.335 e. The molecule has 3 aromatic carbocycles. The number of nitrogens with one attached hydrogen (secondary N) is 2. The van der Waals surface area contributed by atoms with Gasteiger partial charge in [0.2, 0.25) is 0 Å². The van der Waals surface area contributed by atoms with Crippen LogP contribution in [0.4, 0.5) is 11.4 Å². The van der Waals surface area contributed by atoms with Crippen LogP contribution in [0.2, 0.25) is 0 Å². The summed E-state index contributed by atoms with van der Waals surface area (Å²) in [6, 6.07) is 17.0. The fourth-order valence-electron chi connectivity index (χ4n) is 3.38. The topological polar surface area (TPSA) is 126 Å². The van der Waals surface area contributed by atoms with Crippen LogP contribution in [0.1, 0.15) is 32.6 Å². The number of aldehydes is 1. The zero-order valence-corrected chi connectivity index (χ0v) is 18.8. The molecule has 0 fully saturated rings. The van der Waals surface area contributed by atoms with Crippen LogP contribution in [0.15, 0.2) is 66.7 Å². The van der Waals surface area contributed by atoms with E-state index >= 15 is 0 Å². The van der Waals surface area contributed by atoms with Crippen molar-refractivity contribution in [1.82, 2.24) is 0 Å². The molecule has 0 saturated carbocycles. The predicted octanol–water partition coefficient (Wildman–Crippen LogP) is 4.84. The van der Waals surface area contributed by atoms with Gasteiger partial charge in [0, 0.05) is 35.1 Å². The van der Waals surface area contributed by atoms with E-state index in [4.69, 9.17) is 21.0 Å². The summed E-state index contributed by atoms with van der Waals surface area (Å²) in [6.07, 6.45) is 5.82. The van der Waals surface area contributed by atoms with Crippen LogP contribution in [0.5, 0.6) is 5.75 Å². The average Bonchev–Trinajstić information content (AvgIpc) is 2.85. The summed E-state index contributed by atoms with van der Waals surface area (Å²) in [5.74, 6) is -0.356. The lowest BCUT2D eigenvalue weighted by molar-refractivity contribution is -0.103. The van der Waals surface area contributed by atoms with Gasteiger partial charge in [0.15, 0.2) is 6.29 Å².